The van der Waals surface area contributed by atoms with E-state index in [0.29, 0.717) is 16.7 Å². The topological polar surface area (TPSA) is 284 Å². The second-order valence-corrected chi connectivity index (χ2v) is 13.0. The van der Waals surface area contributed by atoms with Gasteiger partial charge in [0.25, 0.3) is 0 Å². The van der Waals surface area contributed by atoms with Gasteiger partial charge in [-0.1, -0.05) is 16.7 Å². The summed E-state index contributed by atoms with van der Waals surface area (Å²) >= 11 is 0. The van der Waals surface area contributed by atoms with Gasteiger partial charge in [-0.3, -0.25) is 28.8 Å². The first-order valence-electron chi connectivity index (χ1n) is 17.7. The Morgan fingerprint density at radius 1 is 0.704 bits per heavy atom. The number of hydrogen-bond acceptors (Lipinski definition) is 13. The summed E-state index contributed by atoms with van der Waals surface area (Å²) in [4.78, 5) is 85.6. The number of aliphatic hydroxyl groups is 2. The highest BCUT2D eigenvalue weighted by Crippen LogP contribution is 2.12. The number of carbonyl (C=O) groups excluding carboxylic acids is 7. The van der Waals surface area contributed by atoms with E-state index >= 15 is 0 Å². The van der Waals surface area contributed by atoms with E-state index in [0.717, 1.165) is 18.2 Å². The lowest BCUT2D eigenvalue weighted by molar-refractivity contribution is -0.147. The summed E-state index contributed by atoms with van der Waals surface area (Å²) < 4.78 is 5.22. The molecule has 0 aromatic carbocycles. The van der Waals surface area contributed by atoms with Gasteiger partial charge < -0.3 is 61.7 Å². The van der Waals surface area contributed by atoms with Crippen molar-refractivity contribution in [3.8, 4) is 0 Å². The molecule has 1 aliphatic heterocycles. The molecule has 304 valence electrons. The molecule has 0 radical (unpaired) electrons. The average Bonchev–Trinajstić information content (AvgIpc) is 3.09. The number of piperazine rings is 1. The Morgan fingerprint density at radius 2 is 1.09 bits per heavy atom. The van der Waals surface area contributed by atoms with Crippen LogP contribution in [0.5, 0.6) is 0 Å². The van der Waals surface area contributed by atoms with Crippen molar-refractivity contribution in [2.24, 2.45) is 0 Å². The zero-order chi connectivity index (χ0) is 40.8. The fraction of sp³-hybridized carbons (Fsp3) is 0.629. The summed E-state index contributed by atoms with van der Waals surface area (Å²) in [7, 11) is 0. The first-order chi connectivity index (χ1) is 25.5. The van der Waals surface area contributed by atoms with Crippen LogP contribution in [-0.2, 0) is 38.3 Å². The van der Waals surface area contributed by atoms with E-state index in [1.54, 1.807) is 20.8 Å². The van der Waals surface area contributed by atoms with Crippen molar-refractivity contribution in [3.05, 3.63) is 50.6 Å². The Balaban J connectivity index is 2.47. The number of carbonyl (C=O) groups is 7. The SMILES string of the molecule is CC(=O)NC(CCCN([O-])C(=O)C=C(C)CCO)C(=O)OCCC(C)=CC(=O)N([O-])CCCC1NC(=O)C(CCCN([O-])C(=O)C=C(C)CCO)NC1=O. The number of amides is 6. The third kappa shape index (κ3) is 18.9. The highest BCUT2D eigenvalue weighted by molar-refractivity contribution is 5.97. The number of hydroxylamine groups is 6. The molecule has 1 saturated heterocycles. The van der Waals surface area contributed by atoms with E-state index in [4.69, 9.17) is 14.9 Å². The smallest absolute Gasteiger partial charge is 0.328 e. The molecule has 1 heterocycles. The molecule has 0 aromatic heterocycles. The molecular weight excluding hydrogens is 712 g/mol. The lowest BCUT2D eigenvalue weighted by atomic mass is 10.0. The molecule has 6 amide bonds. The number of nitrogens with zero attached hydrogens (tertiary/aromatic N) is 3. The number of ether oxygens (including phenoxy) is 1. The Morgan fingerprint density at radius 3 is 1.48 bits per heavy atom. The van der Waals surface area contributed by atoms with Gasteiger partial charge in [0.15, 0.2) is 0 Å². The third-order valence-corrected chi connectivity index (χ3v) is 8.09. The quantitative estimate of drug-likeness (QED) is 0.0504. The molecular formula is C35H53N6O13-3. The predicted molar refractivity (Wildman–Crippen MR) is 195 cm³/mol. The second kappa shape index (κ2) is 25.4. The molecule has 1 rings (SSSR count). The predicted octanol–water partition coefficient (Wildman–Crippen LogP) is 0.331. The van der Waals surface area contributed by atoms with Crippen LogP contribution in [0, 0.1) is 15.6 Å². The van der Waals surface area contributed by atoms with E-state index in [1.165, 1.54) is 6.92 Å². The normalized spacial score (nSPS) is 16.9. The minimum atomic E-state index is -1.09. The molecule has 3 atom stereocenters. The van der Waals surface area contributed by atoms with Gasteiger partial charge in [-0.25, -0.2) is 4.79 Å². The lowest BCUT2D eigenvalue weighted by Crippen LogP contribution is -2.61. The second-order valence-electron chi connectivity index (χ2n) is 13.0. The van der Waals surface area contributed by atoms with Gasteiger partial charge in [0.2, 0.25) is 35.4 Å². The summed E-state index contributed by atoms with van der Waals surface area (Å²) in [5.41, 5.74) is 1.50. The molecule has 1 aliphatic rings. The average molecular weight is 766 g/mol. The van der Waals surface area contributed by atoms with Crippen molar-refractivity contribution in [2.75, 3.05) is 39.5 Å². The van der Waals surface area contributed by atoms with Crippen LogP contribution < -0.4 is 16.0 Å². The van der Waals surface area contributed by atoms with Gasteiger partial charge in [-0.15, -0.1) is 0 Å². The summed E-state index contributed by atoms with van der Waals surface area (Å²) in [6.45, 7) is 4.73. The van der Waals surface area contributed by atoms with Crippen molar-refractivity contribution in [3.63, 3.8) is 0 Å². The number of aliphatic hydroxyl groups excluding tert-OH is 2. The molecule has 0 spiro atoms. The zero-order valence-electron chi connectivity index (χ0n) is 31.3. The van der Waals surface area contributed by atoms with Crippen LogP contribution in [0.4, 0.5) is 0 Å². The van der Waals surface area contributed by atoms with Gasteiger partial charge >= 0.3 is 5.97 Å². The van der Waals surface area contributed by atoms with Crippen LogP contribution in [0.15, 0.2) is 34.9 Å². The number of hydrogen-bond donors (Lipinski definition) is 5. The van der Waals surface area contributed by atoms with Gasteiger partial charge in [0.1, 0.15) is 18.1 Å². The molecule has 19 nitrogen and oxygen atoms in total. The fourth-order valence-electron chi connectivity index (χ4n) is 5.05. The van der Waals surface area contributed by atoms with Crippen LogP contribution in [-0.4, -0.2) is 124 Å². The Bertz CT molecular complexity index is 1400. The van der Waals surface area contributed by atoms with Gasteiger partial charge in [-0.2, -0.15) is 0 Å². The first-order valence-corrected chi connectivity index (χ1v) is 17.7. The van der Waals surface area contributed by atoms with Gasteiger partial charge in [0.05, 0.1) is 6.61 Å². The monoisotopic (exact) mass is 765 g/mol. The van der Waals surface area contributed by atoms with Crippen LogP contribution in [0.3, 0.4) is 0 Å². The molecule has 5 N–H and O–H groups in total. The maximum atomic E-state index is 12.6. The van der Waals surface area contributed by atoms with E-state index in [2.05, 4.69) is 16.0 Å². The van der Waals surface area contributed by atoms with Crippen molar-refractivity contribution < 1.29 is 48.5 Å². The molecule has 19 heteroatoms. The summed E-state index contributed by atoms with van der Waals surface area (Å²) in [5.74, 6) is -4.75. The highest BCUT2D eigenvalue weighted by atomic mass is 16.5. The minimum absolute atomic E-state index is 0.00526. The van der Waals surface area contributed by atoms with Crippen molar-refractivity contribution >= 4 is 41.4 Å². The van der Waals surface area contributed by atoms with E-state index in [-0.39, 0.29) is 112 Å². The fourth-order valence-corrected chi connectivity index (χ4v) is 5.05. The van der Waals surface area contributed by atoms with Crippen molar-refractivity contribution in [2.45, 2.75) is 104 Å². The number of rotatable bonds is 24. The van der Waals surface area contributed by atoms with E-state index in [9.17, 15) is 49.2 Å². The van der Waals surface area contributed by atoms with Crippen LogP contribution in [0.25, 0.3) is 0 Å². The molecule has 0 aromatic rings. The Kier molecular flexibility index (Phi) is 22.2. The molecule has 0 aliphatic carbocycles. The third-order valence-electron chi connectivity index (χ3n) is 8.09. The summed E-state index contributed by atoms with van der Waals surface area (Å²) in [6, 6.07) is -2.94. The van der Waals surface area contributed by atoms with Gasteiger partial charge in [0, 0.05) is 64.4 Å². The van der Waals surface area contributed by atoms with E-state index < -0.39 is 59.5 Å². The van der Waals surface area contributed by atoms with Crippen molar-refractivity contribution in [1.82, 2.24) is 31.1 Å². The standard InChI is InChI=1S/C35H53N6O13/c1-23(11-17-42)20-30(45)39(51)14-5-8-27-33(48)38-28(34(49)37-27)9-6-15-40(52)32(47)22-25(3)13-19-54-35(50)29(36-26(4)44)10-7-16-41(53)31(46)21-24(2)12-18-43/h20-22,27-29,42-43H,5-19H2,1-4H3,(H,36,44)(H,37,49)(H,38,48)/q-3. The van der Waals surface area contributed by atoms with Crippen molar-refractivity contribution in [1.29, 1.82) is 0 Å². The molecule has 0 bridgehead atoms. The lowest BCUT2D eigenvalue weighted by Gasteiger charge is -2.32. The summed E-state index contributed by atoms with van der Waals surface area (Å²) in [5, 5.41) is 62.4. The molecule has 54 heavy (non-hydrogen) atoms. The van der Waals surface area contributed by atoms with E-state index in [1.807, 2.05) is 0 Å². The summed E-state index contributed by atoms with van der Waals surface area (Å²) in [6.07, 6.45) is 4.40. The Labute approximate surface area is 314 Å². The van der Waals surface area contributed by atoms with Gasteiger partial charge in [-0.05, 0) is 72.1 Å². The van der Waals surface area contributed by atoms with Crippen LogP contribution >= 0.6 is 0 Å². The minimum Gasteiger partial charge on any atom is -0.756 e. The maximum Gasteiger partial charge on any atom is 0.328 e. The highest BCUT2D eigenvalue weighted by Gasteiger charge is 2.33. The first kappa shape index (κ1) is 47.3. The molecule has 3 unspecified atom stereocenters. The largest absolute Gasteiger partial charge is 0.756 e. The number of nitrogens with one attached hydrogen (secondary N) is 3. The number of esters is 1. The molecule has 1 fully saturated rings. The maximum absolute atomic E-state index is 12.6. The van der Waals surface area contributed by atoms with Crippen LogP contribution in [0.2, 0.25) is 0 Å². The molecule has 0 saturated carbocycles. The zero-order valence-corrected chi connectivity index (χ0v) is 31.3. The Hall–Kier alpha value is -4.69. The van der Waals surface area contributed by atoms with Crippen LogP contribution in [0.1, 0.15) is 85.5 Å².